The van der Waals surface area contributed by atoms with Crippen molar-refractivity contribution in [2.45, 2.75) is 6.92 Å². The summed E-state index contributed by atoms with van der Waals surface area (Å²) in [5.41, 5.74) is 0.274. The predicted molar refractivity (Wildman–Crippen MR) is 66.5 cm³/mol. The molecule has 2 N–H and O–H groups in total. The summed E-state index contributed by atoms with van der Waals surface area (Å²) in [5, 5.41) is 12.3. The molecule has 0 aliphatic carbocycles. The van der Waals surface area contributed by atoms with Gasteiger partial charge >= 0.3 is 0 Å². The van der Waals surface area contributed by atoms with E-state index in [0.29, 0.717) is 18.2 Å². The van der Waals surface area contributed by atoms with Crippen LogP contribution < -0.4 is 5.32 Å². The number of amides is 1. The molecule has 1 aromatic rings. The van der Waals surface area contributed by atoms with E-state index in [4.69, 9.17) is 16.3 Å². The fraction of sp³-hybridized carbons (Fsp3) is 0.417. The molecule has 17 heavy (non-hydrogen) atoms. The van der Waals surface area contributed by atoms with Gasteiger partial charge in [0.05, 0.1) is 17.2 Å². The van der Waals surface area contributed by atoms with Crippen LogP contribution in [-0.2, 0) is 4.74 Å². The van der Waals surface area contributed by atoms with Gasteiger partial charge in [-0.05, 0) is 24.1 Å². The monoisotopic (exact) mass is 257 g/mol. The fourth-order valence-corrected chi connectivity index (χ4v) is 1.60. The molecule has 0 bridgehead atoms. The van der Waals surface area contributed by atoms with Crippen LogP contribution in [-0.4, -0.2) is 31.3 Å². The number of phenolic OH excluding ortho intramolecular Hbond substituents is 1. The molecule has 0 aliphatic rings. The minimum absolute atomic E-state index is 0.0180. The fourth-order valence-electron chi connectivity index (χ4n) is 1.39. The molecule has 0 aliphatic heterocycles. The zero-order valence-corrected chi connectivity index (χ0v) is 10.6. The number of halogens is 1. The van der Waals surface area contributed by atoms with E-state index in [0.717, 1.165) is 0 Å². The lowest BCUT2D eigenvalue weighted by atomic mass is 10.1. The zero-order valence-electron chi connectivity index (χ0n) is 9.87. The highest BCUT2D eigenvalue weighted by molar-refractivity contribution is 6.33. The van der Waals surface area contributed by atoms with E-state index >= 15 is 0 Å². The van der Waals surface area contributed by atoms with Crippen molar-refractivity contribution in [1.29, 1.82) is 0 Å². The van der Waals surface area contributed by atoms with E-state index in [1.54, 1.807) is 7.11 Å². The molecule has 0 fully saturated rings. The van der Waals surface area contributed by atoms with Crippen LogP contribution in [0.2, 0.25) is 5.02 Å². The first-order valence-corrected chi connectivity index (χ1v) is 5.68. The molecule has 5 heteroatoms. The topological polar surface area (TPSA) is 58.6 Å². The molecule has 0 radical (unpaired) electrons. The maximum atomic E-state index is 11.8. The lowest BCUT2D eigenvalue weighted by Gasteiger charge is -2.12. The van der Waals surface area contributed by atoms with Crippen molar-refractivity contribution < 1.29 is 14.6 Å². The van der Waals surface area contributed by atoms with Crippen molar-refractivity contribution >= 4 is 17.5 Å². The van der Waals surface area contributed by atoms with Crippen LogP contribution in [0.4, 0.5) is 0 Å². The number of carbonyl (C=O) groups excluding carboxylic acids is 1. The van der Waals surface area contributed by atoms with Crippen LogP contribution in [0.25, 0.3) is 0 Å². The maximum Gasteiger partial charge on any atom is 0.252 e. The smallest absolute Gasteiger partial charge is 0.252 e. The Morgan fingerprint density at radius 3 is 2.94 bits per heavy atom. The number of hydrogen-bond acceptors (Lipinski definition) is 3. The molecule has 0 aromatic heterocycles. The Bertz CT molecular complexity index is 395. The Hall–Kier alpha value is -1.26. The standard InChI is InChI=1S/C12H16ClNO3/c1-8(7-17-2)6-14-12(16)10-5-9(15)3-4-11(10)13/h3-5,8,15H,6-7H2,1-2H3,(H,14,16). The van der Waals surface area contributed by atoms with Gasteiger partial charge in [0.25, 0.3) is 5.91 Å². The van der Waals surface area contributed by atoms with Crippen LogP contribution in [0.1, 0.15) is 17.3 Å². The highest BCUT2D eigenvalue weighted by Crippen LogP contribution is 2.20. The lowest BCUT2D eigenvalue weighted by Crippen LogP contribution is -2.30. The third-order valence-electron chi connectivity index (χ3n) is 2.26. The first-order chi connectivity index (χ1) is 8.04. The van der Waals surface area contributed by atoms with E-state index in [9.17, 15) is 9.90 Å². The number of nitrogens with one attached hydrogen (secondary N) is 1. The Morgan fingerprint density at radius 2 is 2.29 bits per heavy atom. The summed E-state index contributed by atoms with van der Waals surface area (Å²) in [7, 11) is 1.62. The number of carbonyl (C=O) groups is 1. The first kappa shape index (κ1) is 13.8. The van der Waals surface area contributed by atoms with Gasteiger partial charge in [0.1, 0.15) is 5.75 Å². The Balaban J connectivity index is 2.61. The molecular weight excluding hydrogens is 242 g/mol. The predicted octanol–water partition coefficient (Wildman–Crippen LogP) is 2.06. The van der Waals surface area contributed by atoms with Crippen molar-refractivity contribution in [2.75, 3.05) is 20.3 Å². The SMILES string of the molecule is COCC(C)CNC(=O)c1cc(O)ccc1Cl. The number of phenols is 1. The van der Waals surface area contributed by atoms with Gasteiger partial charge < -0.3 is 15.2 Å². The minimum atomic E-state index is -0.297. The van der Waals surface area contributed by atoms with Crippen molar-refractivity contribution in [1.82, 2.24) is 5.32 Å². The zero-order chi connectivity index (χ0) is 12.8. The van der Waals surface area contributed by atoms with E-state index in [-0.39, 0.29) is 23.1 Å². The average molecular weight is 258 g/mol. The number of methoxy groups -OCH3 is 1. The summed E-state index contributed by atoms with van der Waals surface area (Å²) in [5.74, 6) is -0.0571. The summed E-state index contributed by atoms with van der Waals surface area (Å²) in [6, 6.07) is 4.27. The molecule has 1 atom stereocenters. The molecule has 1 amide bonds. The summed E-state index contributed by atoms with van der Waals surface area (Å²) in [6.45, 7) is 3.04. The number of ether oxygens (including phenoxy) is 1. The second-order valence-electron chi connectivity index (χ2n) is 3.93. The van der Waals surface area contributed by atoms with E-state index in [1.165, 1.54) is 18.2 Å². The molecule has 0 saturated carbocycles. The van der Waals surface area contributed by atoms with Gasteiger partial charge in [0.2, 0.25) is 0 Å². The van der Waals surface area contributed by atoms with Crippen molar-refractivity contribution in [3.63, 3.8) is 0 Å². The minimum Gasteiger partial charge on any atom is -0.508 e. The van der Waals surface area contributed by atoms with Gasteiger partial charge in [0, 0.05) is 13.7 Å². The number of hydrogen-bond donors (Lipinski definition) is 2. The summed E-state index contributed by atoms with van der Waals surface area (Å²) in [6.07, 6.45) is 0. The first-order valence-electron chi connectivity index (χ1n) is 5.30. The van der Waals surface area contributed by atoms with Gasteiger partial charge in [-0.3, -0.25) is 4.79 Å². The Kier molecular flexibility index (Phi) is 5.25. The maximum absolute atomic E-state index is 11.8. The van der Waals surface area contributed by atoms with E-state index in [1.807, 2.05) is 6.92 Å². The molecule has 0 heterocycles. The normalized spacial score (nSPS) is 12.2. The van der Waals surface area contributed by atoms with Gasteiger partial charge in [-0.25, -0.2) is 0 Å². The van der Waals surface area contributed by atoms with E-state index < -0.39 is 0 Å². The highest BCUT2D eigenvalue weighted by Gasteiger charge is 2.12. The highest BCUT2D eigenvalue weighted by atomic mass is 35.5. The summed E-state index contributed by atoms with van der Waals surface area (Å²) in [4.78, 5) is 11.8. The number of rotatable bonds is 5. The van der Waals surface area contributed by atoms with Gasteiger partial charge in [-0.15, -0.1) is 0 Å². The third-order valence-corrected chi connectivity index (χ3v) is 2.59. The van der Waals surface area contributed by atoms with E-state index in [2.05, 4.69) is 5.32 Å². The van der Waals surface area contributed by atoms with Gasteiger partial charge in [-0.1, -0.05) is 18.5 Å². The lowest BCUT2D eigenvalue weighted by molar-refractivity contribution is 0.0934. The molecule has 94 valence electrons. The molecule has 0 saturated heterocycles. The van der Waals surface area contributed by atoms with Crippen LogP contribution in [0.5, 0.6) is 5.75 Å². The van der Waals surface area contributed by atoms with Crippen molar-refractivity contribution in [3.05, 3.63) is 28.8 Å². The van der Waals surface area contributed by atoms with Crippen LogP contribution in [0.3, 0.4) is 0 Å². The van der Waals surface area contributed by atoms with Crippen molar-refractivity contribution in [2.24, 2.45) is 5.92 Å². The second kappa shape index (κ2) is 6.47. The molecule has 4 nitrogen and oxygen atoms in total. The second-order valence-corrected chi connectivity index (χ2v) is 4.34. The van der Waals surface area contributed by atoms with Crippen LogP contribution in [0, 0.1) is 5.92 Å². The third kappa shape index (κ3) is 4.24. The van der Waals surface area contributed by atoms with Gasteiger partial charge in [0.15, 0.2) is 0 Å². The summed E-state index contributed by atoms with van der Waals surface area (Å²) < 4.78 is 4.97. The van der Waals surface area contributed by atoms with Crippen LogP contribution in [0.15, 0.2) is 18.2 Å². The summed E-state index contributed by atoms with van der Waals surface area (Å²) >= 11 is 5.87. The van der Waals surface area contributed by atoms with Gasteiger partial charge in [-0.2, -0.15) is 0 Å². The van der Waals surface area contributed by atoms with Crippen LogP contribution >= 0.6 is 11.6 Å². The molecule has 1 rings (SSSR count). The quantitative estimate of drug-likeness (QED) is 0.849. The molecule has 1 aromatic carbocycles. The average Bonchev–Trinajstić information content (AvgIpc) is 2.29. The molecular formula is C12H16ClNO3. The molecule has 1 unspecified atom stereocenters. The Morgan fingerprint density at radius 1 is 1.59 bits per heavy atom. The molecule has 0 spiro atoms. The Labute approximate surface area is 106 Å². The van der Waals surface area contributed by atoms with Crippen molar-refractivity contribution in [3.8, 4) is 5.75 Å². The number of benzene rings is 1. The number of aromatic hydroxyl groups is 1. The largest absolute Gasteiger partial charge is 0.508 e.